The molecule has 12 heteroatoms. The number of rotatable bonds is 9. The molecule has 3 aromatic carbocycles. The maximum Gasteiger partial charge on any atom is 0.416 e. The summed E-state index contributed by atoms with van der Waals surface area (Å²) < 4.78 is 50.2. The highest BCUT2D eigenvalue weighted by Gasteiger charge is 2.30. The van der Waals surface area contributed by atoms with Crippen LogP contribution in [0.2, 0.25) is 0 Å². The van der Waals surface area contributed by atoms with Gasteiger partial charge in [0, 0.05) is 22.2 Å². The molecular weight excluding hydrogens is 547 g/mol. The zero-order valence-corrected chi connectivity index (χ0v) is 20.3. The van der Waals surface area contributed by atoms with Crippen LogP contribution in [0.3, 0.4) is 0 Å². The monoisotopic (exact) mass is 565 g/mol. The molecule has 0 aromatic heterocycles. The Morgan fingerprint density at radius 3 is 2.47 bits per heavy atom. The van der Waals surface area contributed by atoms with Crippen LogP contribution < -0.4 is 14.9 Å². The summed E-state index contributed by atoms with van der Waals surface area (Å²) in [6.07, 6.45) is -3.42. The van der Waals surface area contributed by atoms with E-state index in [0.29, 0.717) is 27.1 Å². The molecule has 0 aliphatic carbocycles. The number of alkyl halides is 3. The Kier molecular flexibility index (Phi) is 8.64. The van der Waals surface area contributed by atoms with Crippen LogP contribution in [0.1, 0.15) is 22.3 Å². The van der Waals surface area contributed by atoms with Gasteiger partial charge in [-0.25, -0.2) is 5.43 Å². The molecule has 0 spiro atoms. The van der Waals surface area contributed by atoms with E-state index in [1.807, 2.05) is 0 Å². The number of nitro groups is 1. The summed E-state index contributed by atoms with van der Waals surface area (Å²) in [5.74, 6) is 0.182. The first-order valence-electron chi connectivity index (χ1n) is 10.3. The molecule has 0 aliphatic rings. The zero-order valence-electron chi connectivity index (χ0n) is 18.7. The summed E-state index contributed by atoms with van der Waals surface area (Å²) in [7, 11) is 1.44. The first-order valence-corrected chi connectivity index (χ1v) is 11.1. The number of nitrogens with zero attached hydrogens (tertiary/aromatic N) is 2. The van der Waals surface area contributed by atoms with E-state index in [4.69, 9.17) is 9.47 Å². The Balaban J connectivity index is 1.62. The lowest BCUT2D eigenvalue weighted by Crippen LogP contribution is -2.20. The van der Waals surface area contributed by atoms with Crippen molar-refractivity contribution in [3.8, 4) is 11.5 Å². The molecule has 0 bridgehead atoms. The van der Waals surface area contributed by atoms with Gasteiger partial charge >= 0.3 is 6.18 Å². The second-order valence-corrected chi connectivity index (χ2v) is 8.26. The molecule has 0 aliphatic heterocycles. The van der Waals surface area contributed by atoms with Crippen molar-refractivity contribution in [1.82, 2.24) is 5.43 Å². The maximum absolute atomic E-state index is 12.8. The number of benzene rings is 3. The molecule has 0 fully saturated rings. The van der Waals surface area contributed by atoms with Gasteiger partial charge in [0.2, 0.25) is 5.91 Å². The summed E-state index contributed by atoms with van der Waals surface area (Å²) in [6, 6.07) is 13.7. The normalized spacial score (nSPS) is 11.4. The van der Waals surface area contributed by atoms with Gasteiger partial charge in [-0.3, -0.25) is 14.9 Å². The average molecular weight is 566 g/mol. The lowest BCUT2D eigenvalue weighted by Gasteiger charge is -2.13. The number of nitrogens with one attached hydrogen (secondary N) is 1. The second-order valence-electron chi connectivity index (χ2n) is 7.40. The van der Waals surface area contributed by atoms with Gasteiger partial charge in [-0.15, -0.1) is 0 Å². The van der Waals surface area contributed by atoms with Crippen molar-refractivity contribution < 1.29 is 32.4 Å². The van der Waals surface area contributed by atoms with Crippen molar-refractivity contribution in [2.24, 2.45) is 5.10 Å². The second kappa shape index (κ2) is 11.7. The Labute approximate surface area is 212 Å². The zero-order chi connectivity index (χ0) is 26.3. The fraction of sp³-hybridized carbons (Fsp3) is 0.167. The van der Waals surface area contributed by atoms with E-state index in [9.17, 15) is 28.1 Å². The molecule has 3 rings (SSSR count). The highest BCUT2D eigenvalue weighted by molar-refractivity contribution is 9.10. The first kappa shape index (κ1) is 26.7. The van der Waals surface area contributed by atoms with Crippen LogP contribution in [0.25, 0.3) is 0 Å². The number of hydrazone groups is 1. The van der Waals surface area contributed by atoms with Gasteiger partial charge in [0.15, 0.2) is 11.5 Å². The summed E-state index contributed by atoms with van der Waals surface area (Å²) in [5.41, 5.74) is 2.89. The van der Waals surface area contributed by atoms with E-state index < -0.39 is 22.6 Å². The van der Waals surface area contributed by atoms with Crippen LogP contribution in [0.15, 0.2) is 70.2 Å². The number of carbonyl (C=O) groups excluding carboxylic acids is 1. The lowest BCUT2D eigenvalue weighted by molar-refractivity contribution is -0.384. The Morgan fingerprint density at radius 2 is 1.83 bits per heavy atom. The van der Waals surface area contributed by atoms with E-state index in [1.54, 1.807) is 24.3 Å². The van der Waals surface area contributed by atoms with E-state index in [1.165, 1.54) is 37.6 Å². The largest absolute Gasteiger partial charge is 0.493 e. The molecule has 0 heterocycles. The van der Waals surface area contributed by atoms with E-state index in [0.717, 1.165) is 12.1 Å². The summed E-state index contributed by atoms with van der Waals surface area (Å²) in [6.45, 7) is 0.139. The predicted octanol–water partition coefficient (Wildman–Crippen LogP) is 5.66. The number of nitro benzene ring substituents is 1. The highest BCUT2D eigenvalue weighted by Crippen LogP contribution is 2.33. The fourth-order valence-corrected chi connectivity index (χ4v) is 3.48. The van der Waals surface area contributed by atoms with Gasteiger partial charge in [0.05, 0.1) is 30.2 Å². The molecule has 0 radical (unpaired) electrons. The molecule has 36 heavy (non-hydrogen) atoms. The maximum atomic E-state index is 12.8. The molecule has 1 N–H and O–H groups in total. The van der Waals surface area contributed by atoms with Crippen molar-refractivity contribution in [2.75, 3.05) is 7.11 Å². The van der Waals surface area contributed by atoms with E-state index in [2.05, 4.69) is 26.5 Å². The van der Waals surface area contributed by atoms with Gasteiger partial charge in [0.25, 0.3) is 5.69 Å². The van der Waals surface area contributed by atoms with Crippen molar-refractivity contribution in [1.29, 1.82) is 0 Å². The summed E-state index contributed by atoms with van der Waals surface area (Å²) in [4.78, 5) is 22.4. The number of hydrogen-bond donors (Lipinski definition) is 1. The summed E-state index contributed by atoms with van der Waals surface area (Å²) in [5, 5.41) is 14.6. The number of amides is 1. The molecule has 0 unspecified atom stereocenters. The Hall–Kier alpha value is -3.93. The standard InChI is InChI=1S/C24H19BrF3N3O5/c1-35-21-11-17(13-29-30-23(32)10-16-3-2-4-18(9-16)24(26,27)28)20(25)12-22(21)36-14-15-5-7-19(8-6-15)31(33)34/h2-9,11-13H,10,14H2,1H3,(H,30,32)/b29-13+. The minimum Gasteiger partial charge on any atom is -0.493 e. The van der Waals surface area contributed by atoms with Crippen molar-refractivity contribution >= 4 is 33.7 Å². The van der Waals surface area contributed by atoms with Crippen LogP contribution >= 0.6 is 15.9 Å². The molecule has 0 saturated heterocycles. The minimum absolute atomic E-state index is 0.0235. The van der Waals surface area contributed by atoms with Crippen LogP contribution in [0.5, 0.6) is 11.5 Å². The van der Waals surface area contributed by atoms with Gasteiger partial charge < -0.3 is 9.47 Å². The SMILES string of the molecule is COc1cc(/C=N/NC(=O)Cc2cccc(C(F)(F)F)c2)c(Br)cc1OCc1ccc([N+](=O)[O-])cc1. The number of ether oxygens (including phenoxy) is 2. The minimum atomic E-state index is -4.49. The smallest absolute Gasteiger partial charge is 0.416 e. The topological polar surface area (TPSA) is 103 Å². The van der Waals surface area contributed by atoms with Crippen LogP contribution in [0.4, 0.5) is 18.9 Å². The number of halogens is 4. The number of carbonyl (C=O) groups is 1. The third kappa shape index (κ3) is 7.28. The number of hydrogen-bond acceptors (Lipinski definition) is 6. The molecule has 8 nitrogen and oxygen atoms in total. The van der Waals surface area contributed by atoms with Crippen LogP contribution in [0, 0.1) is 10.1 Å². The van der Waals surface area contributed by atoms with Crippen LogP contribution in [-0.4, -0.2) is 24.2 Å². The Morgan fingerprint density at radius 1 is 1.11 bits per heavy atom. The predicted molar refractivity (Wildman–Crippen MR) is 129 cm³/mol. The third-order valence-electron chi connectivity index (χ3n) is 4.84. The molecular formula is C24H19BrF3N3O5. The van der Waals surface area contributed by atoms with Crippen molar-refractivity contribution in [3.05, 3.63) is 97.5 Å². The number of methoxy groups -OCH3 is 1. The third-order valence-corrected chi connectivity index (χ3v) is 5.52. The van der Waals surface area contributed by atoms with Gasteiger partial charge in [-0.1, -0.05) is 18.2 Å². The molecule has 188 valence electrons. The van der Waals surface area contributed by atoms with E-state index in [-0.39, 0.29) is 24.3 Å². The Bertz CT molecular complexity index is 1280. The molecule has 0 atom stereocenters. The van der Waals surface area contributed by atoms with Crippen molar-refractivity contribution in [2.45, 2.75) is 19.2 Å². The van der Waals surface area contributed by atoms with Gasteiger partial charge in [-0.05, 0) is 57.4 Å². The molecule has 1 amide bonds. The van der Waals surface area contributed by atoms with E-state index >= 15 is 0 Å². The lowest BCUT2D eigenvalue weighted by atomic mass is 10.1. The van der Waals surface area contributed by atoms with Crippen molar-refractivity contribution in [3.63, 3.8) is 0 Å². The first-order chi connectivity index (χ1) is 17.1. The van der Waals surface area contributed by atoms with Gasteiger partial charge in [0.1, 0.15) is 6.61 Å². The molecule has 3 aromatic rings. The fourth-order valence-electron chi connectivity index (χ4n) is 3.05. The van der Waals surface area contributed by atoms with Crippen LogP contribution in [-0.2, 0) is 24.0 Å². The number of non-ortho nitro benzene ring substituents is 1. The quantitative estimate of drug-likeness (QED) is 0.205. The average Bonchev–Trinajstić information content (AvgIpc) is 2.83. The highest BCUT2D eigenvalue weighted by atomic mass is 79.9. The van der Waals surface area contributed by atoms with Gasteiger partial charge in [-0.2, -0.15) is 18.3 Å². The summed E-state index contributed by atoms with van der Waals surface area (Å²) >= 11 is 3.39. The molecule has 0 saturated carbocycles.